The van der Waals surface area contributed by atoms with E-state index < -0.39 is 12.0 Å². The highest BCUT2D eigenvalue weighted by Gasteiger charge is 2.23. The molecule has 0 unspecified atom stereocenters. The minimum atomic E-state index is -0.748. The fourth-order valence-corrected chi connectivity index (χ4v) is 3.63. The number of amides is 1. The number of H-pyrrole nitrogens is 1. The van der Waals surface area contributed by atoms with E-state index in [0.717, 1.165) is 32.8 Å². The van der Waals surface area contributed by atoms with Gasteiger partial charge in [-0.3, -0.25) is 4.79 Å². The topological polar surface area (TPSA) is 71.2 Å². The lowest BCUT2D eigenvalue weighted by atomic mass is 10.0. The Morgan fingerprint density at radius 1 is 0.931 bits per heavy atom. The van der Waals surface area contributed by atoms with Crippen molar-refractivity contribution in [3.05, 3.63) is 84.1 Å². The highest BCUT2D eigenvalue weighted by Crippen LogP contribution is 2.21. The Kier molecular flexibility index (Phi) is 5.29. The van der Waals surface area contributed by atoms with Crippen LogP contribution in [0.1, 0.15) is 18.1 Å². The fraction of sp³-hybridized carbons (Fsp3) is 0.167. The highest BCUT2D eigenvalue weighted by molar-refractivity contribution is 5.88. The van der Waals surface area contributed by atoms with E-state index in [1.54, 1.807) is 0 Å². The number of hydrogen-bond donors (Lipinski definition) is 2. The van der Waals surface area contributed by atoms with Gasteiger partial charge in [0.2, 0.25) is 5.91 Å². The second kappa shape index (κ2) is 8.19. The summed E-state index contributed by atoms with van der Waals surface area (Å²) in [5.74, 6) is -0.713. The second-order valence-corrected chi connectivity index (χ2v) is 7.06. The summed E-state index contributed by atoms with van der Waals surface area (Å²) in [5, 5.41) is 5.91. The molecule has 0 bridgehead atoms. The molecule has 3 aromatic carbocycles. The zero-order valence-corrected chi connectivity index (χ0v) is 16.1. The van der Waals surface area contributed by atoms with Gasteiger partial charge < -0.3 is 15.0 Å². The third-order valence-electron chi connectivity index (χ3n) is 5.01. The van der Waals surface area contributed by atoms with Gasteiger partial charge in [-0.25, -0.2) is 4.79 Å². The number of aromatic nitrogens is 1. The lowest BCUT2D eigenvalue weighted by Gasteiger charge is -2.17. The van der Waals surface area contributed by atoms with E-state index in [1.807, 2.05) is 72.9 Å². The van der Waals surface area contributed by atoms with Crippen molar-refractivity contribution in [2.45, 2.75) is 26.0 Å². The minimum Gasteiger partial charge on any atom is -0.459 e. The predicted octanol–water partition coefficient (Wildman–Crippen LogP) is 4.11. The summed E-state index contributed by atoms with van der Waals surface area (Å²) in [6, 6.07) is 21.0. The van der Waals surface area contributed by atoms with Crippen LogP contribution in [0.3, 0.4) is 0 Å². The number of nitrogens with one attached hydrogen (secondary N) is 2. The Labute approximate surface area is 168 Å². The van der Waals surface area contributed by atoms with Crippen LogP contribution in [0.2, 0.25) is 0 Å². The summed E-state index contributed by atoms with van der Waals surface area (Å²) in [6.45, 7) is 1.56. The van der Waals surface area contributed by atoms with Crippen LogP contribution < -0.4 is 5.32 Å². The summed E-state index contributed by atoms with van der Waals surface area (Å²) in [5.41, 5.74) is 2.89. The molecule has 4 rings (SSSR count). The minimum absolute atomic E-state index is 0.157. The van der Waals surface area contributed by atoms with Gasteiger partial charge in [-0.2, -0.15) is 0 Å². The summed E-state index contributed by atoms with van der Waals surface area (Å²) in [7, 11) is 0. The van der Waals surface area contributed by atoms with Gasteiger partial charge in [0.15, 0.2) is 0 Å². The van der Waals surface area contributed by atoms with Gasteiger partial charge in [-0.05, 0) is 28.0 Å². The first-order valence-electron chi connectivity index (χ1n) is 9.57. The molecule has 4 aromatic rings. The smallest absolute Gasteiger partial charge is 0.329 e. The van der Waals surface area contributed by atoms with Crippen molar-refractivity contribution in [2.75, 3.05) is 0 Å². The standard InChI is InChI=1S/C24H22N2O3/c1-16(27)26-23(13-19-14-25-22-12-5-4-11-21(19)22)24(28)29-15-18-9-6-8-17-7-2-3-10-20(17)18/h2-12,14,23,25H,13,15H2,1H3,(H,26,27)/t23-/m0/s1. The Bertz CT molecular complexity index is 1170. The molecule has 5 heteroatoms. The van der Waals surface area contributed by atoms with Crippen LogP contribution in [-0.4, -0.2) is 22.9 Å². The molecule has 1 atom stereocenters. The van der Waals surface area contributed by atoms with Gasteiger partial charge in [0.25, 0.3) is 0 Å². The molecule has 1 aromatic heterocycles. The summed E-state index contributed by atoms with van der Waals surface area (Å²) >= 11 is 0. The van der Waals surface area contributed by atoms with Crippen molar-refractivity contribution in [1.29, 1.82) is 0 Å². The molecule has 1 heterocycles. The van der Waals surface area contributed by atoms with Crippen LogP contribution >= 0.6 is 0 Å². The number of rotatable bonds is 6. The van der Waals surface area contributed by atoms with Gasteiger partial charge in [-0.15, -0.1) is 0 Å². The molecule has 0 aliphatic heterocycles. The van der Waals surface area contributed by atoms with Crippen LogP contribution in [0.5, 0.6) is 0 Å². The number of aromatic amines is 1. The van der Waals surface area contributed by atoms with E-state index in [1.165, 1.54) is 6.92 Å². The lowest BCUT2D eigenvalue weighted by Crippen LogP contribution is -2.42. The molecule has 0 aliphatic rings. The van der Waals surface area contributed by atoms with E-state index in [-0.39, 0.29) is 12.5 Å². The van der Waals surface area contributed by atoms with Crippen molar-refractivity contribution in [3.63, 3.8) is 0 Å². The normalized spacial score (nSPS) is 12.0. The van der Waals surface area contributed by atoms with E-state index >= 15 is 0 Å². The van der Waals surface area contributed by atoms with Crippen LogP contribution in [0, 0.1) is 0 Å². The molecule has 0 aliphatic carbocycles. The molecule has 2 N–H and O–H groups in total. The van der Waals surface area contributed by atoms with E-state index in [0.29, 0.717) is 6.42 Å². The molecule has 1 amide bonds. The number of para-hydroxylation sites is 1. The molecular weight excluding hydrogens is 364 g/mol. The molecule has 5 nitrogen and oxygen atoms in total. The quantitative estimate of drug-likeness (QED) is 0.490. The predicted molar refractivity (Wildman–Crippen MR) is 113 cm³/mol. The number of hydrogen-bond acceptors (Lipinski definition) is 3. The number of fused-ring (bicyclic) bond motifs is 2. The summed E-state index contributed by atoms with van der Waals surface area (Å²) < 4.78 is 5.60. The summed E-state index contributed by atoms with van der Waals surface area (Å²) in [4.78, 5) is 27.7. The Morgan fingerprint density at radius 2 is 1.66 bits per heavy atom. The SMILES string of the molecule is CC(=O)N[C@@H](Cc1c[nH]c2ccccc12)C(=O)OCc1cccc2ccccc12. The maximum atomic E-state index is 12.8. The number of benzene rings is 3. The third kappa shape index (κ3) is 4.14. The first-order valence-corrected chi connectivity index (χ1v) is 9.57. The molecule has 0 fully saturated rings. The van der Waals surface area contributed by atoms with Gasteiger partial charge in [0.05, 0.1) is 0 Å². The molecule has 0 saturated heterocycles. The maximum absolute atomic E-state index is 12.8. The zero-order chi connectivity index (χ0) is 20.2. The molecule has 0 radical (unpaired) electrons. The van der Waals surface area contributed by atoms with Crippen molar-refractivity contribution in [1.82, 2.24) is 10.3 Å². The Hall–Kier alpha value is -3.60. The Balaban J connectivity index is 1.52. The Morgan fingerprint density at radius 3 is 2.48 bits per heavy atom. The summed E-state index contributed by atoms with van der Waals surface area (Å²) in [6.07, 6.45) is 2.23. The average Bonchev–Trinajstić information content (AvgIpc) is 3.14. The van der Waals surface area contributed by atoms with Crippen molar-refractivity contribution in [3.8, 4) is 0 Å². The second-order valence-electron chi connectivity index (χ2n) is 7.06. The number of carbonyl (C=O) groups is 2. The van der Waals surface area contributed by atoms with E-state index in [9.17, 15) is 9.59 Å². The van der Waals surface area contributed by atoms with Gasteiger partial charge in [-0.1, -0.05) is 60.7 Å². The number of carbonyl (C=O) groups excluding carboxylic acids is 2. The molecular formula is C24H22N2O3. The van der Waals surface area contributed by atoms with E-state index in [2.05, 4.69) is 10.3 Å². The first-order chi connectivity index (χ1) is 14.1. The highest BCUT2D eigenvalue weighted by atomic mass is 16.5. The lowest BCUT2D eigenvalue weighted by molar-refractivity contribution is -0.148. The third-order valence-corrected chi connectivity index (χ3v) is 5.01. The van der Waals surface area contributed by atoms with Crippen molar-refractivity contribution < 1.29 is 14.3 Å². The molecule has 0 saturated carbocycles. The monoisotopic (exact) mass is 386 g/mol. The first kappa shape index (κ1) is 18.7. The average molecular weight is 386 g/mol. The largest absolute Gasteiger partial charge is 0.459 e. The molecule has 146 valence electrons. The van der Waals surface area contributed by atoms with Gasteiger partial charge >= 0.3 is 5.97 Å². The van der Waals surface area contributed by atoms with Crippen LogP contribution in [0.4, 0.5) is 0 Å². The zero-order valence-electron chi connectivity index (χ0n) is 16.1. The van der Waals surface area contributed by atoms with Crippen LogP contribution in [-0.2, 0) is 27.4 Å². The molecule has 0 spiro atoms. The van der Waals surface area contributed by atoms with Gasteiger partial charge in [0.1, 0.15) is 12.6 Å². The number of esters is 1. The van der Waals surface area contributed by atoms with Crippen molar-refractivity contribution >= 4 is 33.6 Å². The number of ether oxygens (including phenoxy) is 1. The van der Waals surface area contributed by atoms with Gasteiger partial charge in [0, 0.05) is 30.4 Å². The van der Waals surface area contributed by atoms with Crippen LogP contribution in [0.15, 0.2) is 72.9 Å². The van der Waals surface area contributed by atoms with Crippen molar-refractivity contribution in [2.24, 2.45) is 0 Å². The maximum Gasteiger partial charge on any atom is 0.329 e. The fourth-order valence-electron chi connectivity index (χ4n) is 3.63. The molecule has 29 heavy (non-hydrogen) atoms. The van der Waals surface area contributed by atoms with Crippen LogP contribution in [0.25, 0.3) is 21.7 Å². The van der Waals surface area contributed by atoms with E-state index in [4.69, 9.17) is 4.74 Å².